The molecule has 21 heavy (non-hydrogen) atoms. The van der Waals surface area contributed by atoms with Crippen LogP contribution in [0.2, 0.25) is 0 Å². The third-order valence-electron chi connectivity index (χ3n) is 3.62. The lowest BCUT2D eigenvalue weighted by Crippen LogP contribution is -2.03. The Hall–Kier alpha value is -1.16. The Labute approximate surface area is 131 Å². The number of hydrogen-bond donors (Lipinski definition) is 1. The summed E-state index contributed by atoms with van der Waals surface area (Å²) in [6.45, 7) is 2.21. The van der Waals surface area contributed by atoms with Crippen molar-refractivity contribution in [2.45, 2.75) is 71.1 Å². The quantitative estimate of drug-likeness (QED) is 0.432. The minimum absolute atomic E-state index is 0.0955. The molecule has 3 nitrogen and oxygen atoms in total. The molecule has 1 rings (SSSR count). The number of carbonyl (C=O) groups excluding carboxylic acids is 1. The normalized spacial score (nSPS) is 10.7. The van der Waals surface area contributed by atoms with Crippen molar-refractivity contribution >= 4 is 23.1 Å². The van der Waals surface area contributed by atoms with Crippen LogP contribution in [0.15, 0.2) is 11.4 Å². The summed E-state index contributed by atoms with van der Waals surface area (Å²) >= 11 is 1.49. The Morgan fingerprint density at radius 2 is 1.71 bits per heavy atom. The molecule has 0 aliphatic heterocycles. The lowest BCUT2D eigenvalue weighted by Gasteiger charge is -2.03. The molecule has 0 saturated heterocycles. The average Bonchev–Trinajstić information content (AvgIpc) is 2.92. The molecule has 0 spiro atoms. The van der Waals surface area contributed by atoms with Gasteiger partial charge in [0.15, 0.2) is 5.78 Å². The topological polar surface area (TPSA) is 54.4 Å². The molecule has 0 amide bonds. The maximum Gasteiger partial charge on any atom is 0.303 e. The highest BCUT2D eigenvalue weighted by Crippen LogP contribution is 2.21. The van der Waals surface area contributed by atoms with E-state index in [2.05, 4.69) is 6.92 Å². The summed E-state index contributed by atoms with van der Waals surface area (Å²) < 4.78 is 0. The third-order valence-corrected chi connectivity index (χ3v) is 4.60. The van der Waals surface area contributed by atoms with E-state index in [1.807, 2.05) is 11.4 Å². The van der Waals surface area contributed by atoms with Gasteiger partial charge in [-0.15, -0.1) is 11.3 Å². The molecule has 0 aromatic carbocycles. The molecule has 0 bridgehead atoms. The van der Waals surface area contributed by atoms with Crippen molar-refractivity contribution < 1.29 is 14.7 Å². The van der Waals surface area contributed by atoms with E-state index in [4.69, 9.17) is 5.11 Å². The standard InChI is InChI=1S/C17H26O3S/c1-2-3-4-5-6-7-8-9-15(18)14-12-13-21-16(14)10-11-17(19)20/h12-13H,2-11H2,1H3,(H,19,20). The Morgan fingerprint density at radius 1 is 1.05 bits per heavy atom. The second kappa shape index (κ2) is 10.6. The number of Topliss-reactive ketones (excluding diaryl/α,β-unsaturated/α-hetero) is 1. The van der Waals surface area contributed by atoms with Gasteiger partial charge in [0.2, 0.25) is 0 Å². The maximum absolute atomic E-state index is 12.2. The number of ketones is 1. The predicted octanol–water partition coefficient (Wildman–Crippen LogP) is 5.09. The van der Waals surface area contributed by atoms with Gasteiger partial charge in [-0.3, -0.25) is 9.59 Å². The van der Waals surface area contributed by atoms with E-state index in [9.17, 15) is 9.59 Å². The van der Waals surface area contributed by atoms with Gasteiger partial charge >= 0.3 is 5.97 Å². The van der Waals surface area contributed by atoms with Crippen molar-refractivity contribution in [3.05, 3.63) is 21.9 Å². The second-order valence-corrected chi connectivity index (χ2v) is 6.45. The molecule has 118 valence electrons. The summed E-state index contributed by atoms with van der Waals surface area (Å²) in [7, 11) is 0. The van der Waals surface area contributed by atoms with Gasteiger partial charge in [-0.1, -0.05) is 45.4 Å². The first-order valence-electron chi connectivity index (χ1n) is 7.96. The van der Waals surface area contributed by atoms with Gasteiger partial charge < -0.3 is 5.11 Å². The van der Waals surface area contributed by atoms with Gasteiger partial charge in [-0.25, -0.2) is 0 Å². The first kappa shape index (κ1) is 17.9. The largest absolute Gasteiger partial charge is 0.481 e. The molecule has 1 N–H and O–H groups in total. The molecule has 0 radical (unpaired) electrons. The van der Waals surface area contributed by atoms with Crippen LogP contribution in [0, 0.1) is 0 Å². The van der Waals surface area contributed by atoms with Crippen molar-refractivity contribution in [1.29, 1.82) is 0 Å². The molecule has 0 aliphatic rings. The Bertz CT molecular complexity index is 437. The van der Waals surface area contributed by atoms with E-state index < -0.39 is 5.97 Å². The van der Waals surface area contributed by atoms with E-state index in [1.54, 1.807) is 0 Å². The number of aryl methyl sites for hydroxylation is 1. The van der Waals surface area contributed by atoms with Gasteiger partial charge in [0.1, 0.15) is 0 Å². The smallest absolute Gasteiger partial charge is 0.303 e. The van der Waals surface area contributed by atoms with Gasteiger partial charge in [-0.05, 0) is 24.3 Å². The van der Waals surface area contributed by atoms with Crippen molar-refractivity contribution in [2.24, 2.45) is 0 Å². The van der Waals surface area contributed by atoms with E-state index in [0.29, 0.717) is 12.8 Å². The molecule has 0 aliphatic carbocycles. The number of carboxylic acid groups (broad SMARTS) is 1. The first-order valence-corrected chi connectivity index (χ1v) is 8.84. The van der Waals surface area contributed by atoms with Crippen molar-refractivity contribution in [2.75, 3.05) is 0 Å². The van der Waals surface area contributed by atoms with Crippen LogP contribution < -0.4 is 0 Å². The number of aliphatic carboxylic acids is 1. The Morgan fingerprint density at radius 3 is 2.38 bits per heavy atom. The van der Waals surface area contributed by atoms with E-state index in [-0.39, 0.29) is 12.2 Å². The molecule has 4 heteroatoms. The Kier molecular flexibility index (Phi) is 8.99. The molecule has 1 aromatic heterocycles. The molecule has 1 heterocycles. The number of hydrogen-bond acceptors (Lipinski definition) is 3. The number of carboxylic acids is 1. The summed E-state index contributed by atoms with van der Waals surface area (Å²) in [5.41, 5.74) is 0.743. The molecular weight excluding hydrogens is 284 g/mol. The van der Waals surface area contributed by atoms with Crippen LogP contribution in [-0.4, -0.2) is 16.9 Å². The van der Waals surface area contributed by atoms with Crippen LogP contribution in [0.25, 0.3) is 0 Å². The highest BCUT2D eigenvalue weighted by molar-refractivity contribution is 7.10. The third kappa shape index (κ3) is 7.42. The highest BCUT2D eigenvalue weighted by Gasteiger charge is 2.13. The molecule has 0 fully saturated rings. The van der Waals surface area contributed by atoms with Gasteiger partial charge in [0, 0.05) is 16.9 Å². The van der Waals surface area contributed by atoms with Crippen molar-refractivity contribution in [3.63, 3.8) is 0 Å². The fourth-order valence-electron chi connectivity index (χ4n) is 2.38. The van der Waals surface area contributed by atoms with Crippen molar-refractivity contribution in [3.8, 4) is 0 Å². The van der Waals surface area contributed by atoms with Crippen LogP contribution in [0.5, 0.6) is 0 Å². The van der Waals surface area contributed by atoms with Gasteiger partial charge in [0.05, 0.1) is 6.42 Å². The summed E-state index contributed by atoms with van der Waals surface area (Å²) in [6, 6.07) is 1.84. The first-order chi connectivity index (χ1) is 10.1. The van der Waals surface area contributed by atoms with Gasteiger partial charge in [-0.2, -0.15) is 0 Å². The molecule has 0 saturated carbocycles. The monoisotopic (exact) mass is 310 g/mol. The molecule has 0 unspecified atom stereocenters. The van der Waals surface area contributed by atoms with Crippen LogP contribution in [0.4, 0.5) is 0 Å². The van der Waals surface area contributed by atoms with E-state index >= 15 is 0 Å². The summed E-state index contributed by atoms with van der Waals surface area (Å²) in [5.74, 6) is -0.640. The van der Waals surface area contributed by atoms with E-state index in [0.717, 1.165) is 23.3 Å². The summed E-state index contributed by atoms with van der Waals surface area (Å²) in [5, 5.41) is 10.6. The fourth-order valence-corrected chi connectivity index (χ4v) is 3.28. The Balaban J connectivity index is 2.26. The lowest BCUT2D eigenvalue weighted by molar-refractivity contribution is -0.136. The van der Waals surface area contributed by atoms with Crippen molar-refractivity contribution in [1.82, 2.24) is 0 Å². The average molecular weight is 310 g/mol. The van der Waals surface area contributed by atoms with E-state index in [1.165, 1.54) is 43.4 Å². The minimum atomic E-state index is -0.811. The minimum Gasteiger partial charge on any atom is -0.481 e. The zero-order valence-electron chi connectivity index (χ0n) is 12.9. The number of unbranched alkanes of at least 4 members (excludes halogenated alkanes) is 6. The molecule has 1 aromatic rings. The summed E-state index contributed by atoms with van der Waals surface area (Å²) in [6.07, 6.45) is 9.55. The maximum atomic E-state index is 12.2. The van der Waals surface area contributed by atoms with Crippen LogP contribution in [0.3, 0.4) is 0 Å². The van der Waals surface area contributed by atoms with Crippen LogP contribution in [-0.2, 0) is 11.2 Å². The van der Waals surface area contributed by atoms with Crippen LogP contribution in [0.1, 0.15) is 79.9 Å². The second-order valence-electron chi connectivity index (χ2n) is 5.45. The molecular formula is C17H26O3S. The predicted molar refractivity (Wildman–Crippen MR) is 87.2 cm³/mol. The number of carbonyl (C=O) groups is 2. The lowest BCUT2D eigenvalue weighted by atomic mass is 10.0. The fraction of sp³-hybridized carbons (Fsp3) is 0.647. The summed E-state index contributed by atoms with van der Waals surface area (Å²) in [4.78, 5) is 23.7. The number of thiophene rings is 1. The zero-order chi connectivity index (χ0) is 15.5. The number of rotatable bonds is 12. The van der Waals surface area contributed by atoms with Crippen LogP contribution >= 0.6 is 11.3 Å². The highest BCUT2D eigenvalue weighted by atomic mass is 32.1. The molecule has 0 atom stereocenters. The SMILES string of the molecule is CCCCCCCCCC(=O)c1ccsc1CCC(=O)O. The zero-order valence-corrected chi connectivity index (χ0v) is 13.7. The van der Waals surface area contributed by atoms with Gasteiger partial charge in [0.25, 0.3) is 0 Å².